The highest BCUT2D eigenvalue weighted by Crippen LogP contribution is 2.26. The lowest BCUT2D eigenvalue weighted by molar-refractivity contribution is -0.121. The van der Waals surface area contributed by atoms with Crippen LogP contribution in [0.4, 0.5) is 0 Å². The Hall–Kier alpha value is -3.54. The zero-order valence-corrected chi connectivity index (χ0v) is 14.0. The Labute approximate surface area is 150 Å². The average Bonchev–Trinajstić information content (AvgIpc) is 2.59. The minimum atomic E-state index is -0.426. The predicted octanol–water partition coefficient (Wildman–Crippen LogP) is 3.07. The summed E-state index contributed by atoms with van der Waals surface area (Å²) in [6.45, 7) is 0. The van der Waals surface area contributed by atoms with Crippen LogP contribution in [-0.4, -0.2) is 34.0 Å². The van der Waals surface area contributed by atoms with Gasteiger partial charge in [-0.3, -0.25) is 9.59 Å². The van der Waals surface area contributed by atoms with Crippen LogP contribution in [0.2, 0.25) is 0 Å². The molecule has 0 saturated heterocycles. The van der Waals surface area contributed by atoms with Gasteiger partial charge in [0.05, 0.1) is 13.5 Å². The lowest BCUT2D eigenvalue weighted by atomic mass is 10.1. The summed E-state index contributed by atoms with van der Waals surface area (Å²) in [4.78, 5) is 23.7. The maximum atomic E-state index is 11.8. The van der Waals surface area contributed by atoms with Gasteiger partial charge in [0, 0.05) is 11.6 Å². The van der Waals surface area contributed by atoms with Crippen LogP contribution in [0, 0.1) is 0 Å². The maximum Gasteiger partial charge on any atom is 0.163 e. The molecule has 26 heavy (non-hydrogen) atoms. The van der Waals surface area contributed by atoms with Crippen molar-refractivity contribution in [2.45, 2.75) is 6.42 Å². The Morgan fingerprint density at radius 2 is 1.62 bits per heavy atom. The number of phenols is 3. The molecule has 0 radical (unpaired) electrons. The fraction of sp³-hybridized carbons (Fsp3) is 0.100. The van der Waals surface area contributed by atoms with Crippen molar-refractivity contribution in [1.29, 1.82) is 0 Å². The molecule has 0 fully saturated rings. The summed E-state index contributed by atoms with van der Waals surface area (Å²) in [6.07, 6.45) is 4.98. The zero-order valence-electron chi connectivity index (χ0n) is 14.0. The largest absolute Gasteiger partial charge is 0.508 e. The first-order valence-corrected chi connectivity index (χ1v) is 7.70. The summed E-state index contributed by atoms with van der Waals surface area (Å²) in [5, 5.41) is 28.5. The van der Waals surface area contributed by atoms with E-state index in [-0.39, 0.29) is 23.7 Å². The molecule has 0 amide bonds. The summed E-state index contributed by atoms with van der Waals surface area (Å²) < 4.78 is 4.93. The predicted molar refractivity (Wildman–Crippen MR) is 97.1 cm³/mol. The van der Waals surface area contributed by atoms with E-state index < -0.39 is 11.6 Å². The zero-order chi connectivity index (χ0) is 19.1. The Morgan fingerprint density at radius 1 is 0.923 bits per heavy atom. The minimum absolute atomic E-state index is 0.0465. The maximum absolute atomic E-state index is 11.8. The summed E-state index contributed by atoms with van der Waals surface area (Å²) in [6, 6.07) is 8.66. The number of methoxy groups -OCH3 is 1. The Morgan fingerprint density at radius 3 is 2.23 bits per heavy atom. The molecule has 0 aliphatic rings. The van der Waals surface area contributed by atoms with Gasteiger partial charge < -0.3 is 20.1 Å². The second-order valence-electron chi connectivity index (χ2n) is 5.45. The molecule has 2 rings (SSSR count). The van der Waals surface area contributed by atoms with E-state index in [1.807, 2.05) is 0 Å². The second kappa shape index (κ2) is 8.53. The topological polar surface area (TPSA) is 104 Å². The van der Waals surface area contributed by atoms with Crippen LogP contribution in [0.1, 0.15) is 17.5 Å². The lowest BCUT2D eigenvalue weighted by Crippen LogP contribution is -2.01. The van der Waals surface area contributed by atoms with Gasteiger partial charge in [-0.15, -0.1) is 0 Å². The second-order valence-corrected chi connectivity index (χ2v) is 5.45. The van der Waals surface area contributed by atoms with E-state index in [9.17, 15) is 24.9 Å². The molecule has 134 valence electrons. The average molecular weight is 354 g/mol. The molecule has 2 aromatic rings. The number of carbonyl (C=O) groups is 2. The molecule has 6 heteroatoms. The van der Waals surface area contributed by atoms with Gasteiger partial charge in [0.2, 0.25) is 0 Å². The van der Waals surface area contributed by atoms with Crippen molar-refractivity contribution in [2.24, 2.45) is 0 Å². The lowest BCUT2D eigenvalue weighted by Gasteiger charge is -2.03. The van der Waals surface area contributed by atoms with Crippen LogP contribution in [0.5, 0.6) is 23.0 Å². The third-order valence-electron chi connectivity index (χ3n) is 3.48. The van der Waals surface area contributed by atoms with Crippen molar-refractivity contribution in [3.05, 3.63) is 59.7 Å². The molecule has 0 aromatic heterocycles. The SMILES string of the molecule is COc1ccc(/C=C/C(=O)CC(=O)/C=C/c2ccc(O)cc2O)cc1O. The quantitative estimate of drug-likeness (QED) is 0.521. The molecule has 0 saturated carbocycles. The highest BCUT2D eigenvalue weighted by atomic mass is 16.5. The van der Waals surface area contributed by atoms with Crippen LogP contribution in [0.15, 0.2) is 48.6 Å². The number of benzene rings is 2. The highest BCUT2D eigenvalue weighted by molar-refractivity contribution is 6.11. The van der Waals surface area contributed by atoms with Gasteiger partial charge in [-0.1, -0.05) is 12.1 Å². The van der Waals surface area contributed by atoms with Gasteiger partial charge in [0.25, 0.3) is 0 Å². The smallest absolute Gasteiger partial charge is 0.163 e. The van der Waals surface area contributed by atoms with Crippen molar-refractivity contribution >= 4 is 23.7 Å². The van der Waals surface area contributed by atoms with Crippen LogP contribution < -0.4 is 4.74 Å². The Bertz CT molecular complexity index is 880. The van der Waals surface area contributed by atoms with Gasteiger partial charge in [-0.2, -0.15) is 0 Å². The fourth-order valence-electron chi connectivity index (χ4n) is 2.15. The first kappa shape index (κ1) is 18.8. The summed E-state index contributed by atoms with van der Waals surface area (Å²) in [5.41, 5.74) is 0.946. The molecule has 0 spiro atoms. The first-order valence-electron chi connectivity index (χ1n) is 7.70. The highest BCUT2D eigenvalue weighted by Gasteiger charge is 2.06. The van der Waals surface area contributed by atoms with E-state index in [1.54, 1.807) is 12.1 Å². The molecule has 0 atom stereocenters. The number of ether oxygens (including phenoxy) is 1. The van der Waals surface area contributed by atoms with Crippen molar-refractivity contribution in [3.63, 3.8) is 0 Å². The van der Waals surface area contributed by atoms with Gasteiger partial charge in [-0.25, -0.2) is 0 Å². The Balaban J connectivity index is 1.95. The number of aromatic hydroxyl groups is 3. The van der Waals surface area contributed by atoms with Crippen LogP contribution in [0.3, 0.4) is 0 Å². The first-order chi connectivity index (χ1) is 12.4. The molecule has 2 aromatic carbocycles. The van der Waals surface area contributed by atoms with E-state index >= 15 is 0 Å². The number of allylic oxidation sites excluding steroid dienone is 2. The standard InChI is InChI=1S/C20H18O6/c1-26-20-9-3-13(10-19(20)25)2-6-15(21)11-16(22)7-4-14-5-8-17(23)12-18(14)24/h2-10,12,23-25H,11H2,1H3/b6-2+,7-4+. The molecule has 0 aliphatic heterocycles. The molecular weight excluding hydrogens is 336 g/mol. The van der Waals surface area contributed by atoms with E-state index in [1.165, 1.54) is 49.6 Å². The number of carbonyl (C=O) groups excluding carboxylic acids is 2. The molecule has 0 heterocycles. The van der Waals surface area contributed by atoms with E-state index in [2.05, 4.69) is 0 Å². The van der Waals surface area contributed by atoms with E-state index in [0.29, 0.717) is 16.9 Å². The van der Waals surface area contributed by atoms with Gasteiger partial charge >= 0.3 is 0 Å². The molecule has 0 aliphatic carbocycles. The number of rotatable bonds is 7. The van der Waals surface area contributed by atoms with E-state index in [0.717, 1.165) is 6.07 Å². The third kappa shape index (κ3) is 5.24. The molecule has 3 N–H and O–H groups in total. The minimum Gasteiger partial charge on any atom is -0.508 e. The Kier molecular flexibility index (Phi) is 6.16. The number of hydrogen-bond donors (Lipinski definition) is 3. The monoisotopic (exact) mass is 354 g/mol. The van der Waals surface area contributed by atoms with Crippen LogP contribution in [-0.2, 0) is 9.59 Å². The van der Waals surface area contributed by atoms with Crippen molar-refractivity contribution in [3.8, 4) is 23.0 Å². The molecule has 0 bridgehead atoms. The molecule has 6 nitrogen and oxygen atoms in total. The summed E-state index contributed by atoms with van der Waals surface area (Å²) in [5.74, 6) is -0.800. The van der Waals surface area contributed by atoms with Crippen molar-refractivity contribution in [2.75, 3.05) is 7.11 Å². The molecule has 0 unspecified atom stereocenters. The van der Waals surface area contributed by atoms with Crippen LogP contribution >= 0.6 is 0 Å². The molecular formula is C20H18O6. The summed E-state index contributed by atoms with van der Waals surface area (Å²) in [7, 11) is 1.44. The van der Waals surface area contributed by atoms with E-state index in [4.69, 9.17) is 4.74 Å². The summed E-state index contributed by atoms with van der Waals surface area (Å²) >= 11 is 0. The van der Waals surface area contributed by atoms with Gasteiger partial charge in [0.1, 0.15) is 11.5 Å². The number of hydrogen-bond acceptors (Lipinski definition) is 6. The van der Waals surface area contributed by atoms with Crippen LogP contribution in [0.25, 0.3) is 12.2 Å². The third-order valence-corrected chi connectivity index (χ3v) is 3.48. The van der Waals surface area contributed by atoms with Gasteiger partial charge in [-0.05, 0) is 48.1 Å². The number of phenolic OH excluding ortho intramolecular Hbond substituents is 3. The fourth-order valence-corrected chi connectivity index (χ4v) is 2.15. The van der Waals surface area contributed by atoms with Crippen molar-refractivity contribution in [1.82, 2.24) is 0 Å². The number of ketones is 2. The van der Waals surface area contributed by atoms with Gasteiger partial charge in [0.15, 0.2) is 23.1 Å². The normalized spacial score (nSPS) is 11.1. The van der Waals surface area contributed by atoms with Crippen molar-refractivity contribution < 1.29 is 29.6 Å².